The number of nitrogens with zero attached hydrogens (tertiary/aromatic N) is 2. The first kappa shape index (κ1) is 17.8. The Morgan fingerprint density at radius 2 is 2.00 bits per heavy atom. The van der Waals surface area contributed by atoms with Gasteiger partial charge in [-0.25, -0.2) is 0 Å². The van der Waals surface area contributed by atoms with Crippen LogP contribution in [0.25, 0.3) is 0 Å². The quantitative estimate of drug-likeness (QED) is 0.802. The number of amides is 1. The van der Waals surface area contributed by atoms with E-state index < -0.39 is 0 Å². The molecule has 0 aliphatic carbocycles. The molecule has 0 saturated carbocycles. The fourth-order valence-electron chi connectivity index (χ4n) is 2.13. The summed E-state index contributed by atoms with van der Waals surface area (Å²) in [4.78, 5) is 15.8. The van der Waals surface area contributed by atoms with Crippen LogP contribution in [0.15, 0.2) is 18.2 Å². The lowest BCUT2D eigenvalue weighted by Gasteiger charge is -2.28. The molecule has 1 rings (SSSR count). The van der Waals surface area contributed by atoms with Gasteiger partial charge in [0, 0.05) is 43.5 Å². The van der Waals surface area contributed by atoms with Crippen LogP contribution in [0.2, 0.25) is 5.02 Å². The van der Waals surface area contributed by atoms with Crippen LogP contribution >= 0.6 is 11.6 Å². The molecule has 0 spiro atoms. The number of carbonyl (C=O) groups is 1. The Morgan fingerprint density at radius 1 is 1.29 bits per heavy atom. The van der Waals surface area contributed by atoms with E-state index in [1.165, 1.54) is 0 Å². The van der Waals surface area contributed by atoms with Crippen molar-refractivity contribution in [2.24, 2.45) is 0 Å². The first-order chi connectivity index (χ1) is 10.0. The Kier molecular flexibility index (Phi) is 7.54. The predicted octanol–water partition coefficient (Wildman–Crippen LogP) is 2.75. The summed E-state index contributed by atoms with van der Waals surface area (Å²) in [6, 6.07) is 5.88. The number of benzene rings is 1. The maximum Gasteiger partial charge on any atom is 0.241 e. The number of hydrogen-bond acceptors (Lipinski definition) is 3. The van der Waals surface area contributed by atoms with Crippen LogP contribution in [0.4, 0.5) is 5.69 Å². The zero-order valence-corrected chi connectivity index (χ0v) is 14.2. The van der Waals surface area contributed by atoms with E-state index in [-0.39, 0.29) is 5.91 Å². The Labute approximate surface area is 133 Å². The van der Waals surface area contributed by atoms with Crippen molar-refractivity contribution in [1.82, 2.24) is 10.2 Å². The normalized spacial score (nSPS) is 10.5. The lowest BCUT2D eigenvalue weighted by molar-refractivity contribution is -0.127. The SMILES string of the molecule is CCCN(CC(=O)N(C)C)c1cccc(Cl)c1CNCC. The number of nitrogens with one attached hydrogen (secondary N) is 1. The van der Waals surface area contributed by atoms with Crippen LogP contribution in [0, 0.1) is 0 Å². The van der Waals surface area contributed by atoms with Gasteiger partial charge in [-0.05, 0) is 25.1 Å². The van der Waals surface area contributed by atoms with E-state index in [4.69, 9.17) is 11.6 Å². The van der Waals surface area contributed by atoms with Crippen molar-refractivity contribution in [1.29, 1.82) is 0 Å². The highest BCUT2D eigenvalue weighted by molar-refractivity contribution is 6.31. The highest BCUT2D eigenvalue weighted by atomic mass is 35.5. The Bertz CT molecular complexity index is 463. The molecular formula is C16H26ClN3O. The smallest absolute Gasteiger partial charge is 0.241 e. The first-order valence-electron chi connectivity index (χ1n) is 7.44. The van der Waals surface area contributed by atoms with Crippen molar-refractivity contribution in [3.63, 3.8) is 0 Å². The minimum atomic E-state index is 0.0952. The fourth-order valence-corrected chi connectivity index (χ4v) is 2.36. The zero-order chi connectivity index (χ0) is 15.8. The van der Waals surface area contributed by atoms with Gasteiger partial charge in [0.2, 0.25) is 5.91 Å². The van der Waals surface area contributed by atoms with Gasteiger partial charge in [0.1, 0.15) is 0 Å². The second-order valence-corrected chi connectivity index (χ2v) is 5.63. The van der Waals surface area contributed by atoms with E-state index in [1.54, 1.807) is 19.0 Å². The summed E-state index contributed by atoms with van der Waals surface area (Å²) in [5.41, 5.74) is 2.10. The van der Waals surface area contributed by atoms with Crippen LogP contribution in [0.1, 0.15) is 25.8 Å². The molecule has 1 amide bonds. The minimum Gasteiger partial charge on any atom is -0.362 e. The topological polar surface area (TPSA) is 35.6 Å². The zero-order valence-electron chi connectivity index (χ0n) is 13.4. The Hall–Kier alpha value is -1.26. The van der Waals surface area contributed by atoms with Gasteiger partial charge in [-0.1, -0.05) is 31.5 Å². The molecule has 0 fully saturated rings. The maximum atomic E-state index is 12.0. The molecule has 118 valence electrons. The van der Waals surface area contributed by atoms with Crippen molar-refractivity contribution in [3.8, 4) is 0 Å². The van der Waals surface area contributed by atoms with Crippen LogP contribution in [0.5, 0.6) is 0 Å². The number of rotatable bonds is 8. The Morgan fingerprint density at radius 3 is 2.57 bits per heavy atom. The van der Waals surface area contributed by atoms with Gasteiger partial charge in [0.05, 0.1) is 6.54 Å². The number of carbonyl (C=O) groups excluding carboxylic acids is 1. The molecule has 0 bridgehead atoms. The molecule has 21 heavy (non-hydrogen) atoms. The highest BCUT2D eigenvalue weighted by Gasteiger charge is 2.16. The third kappa shape index (κ3) is 5.21. The molecule has 1 aromatic carbocycles. The minimum absolute atomic E-state index is 0.0952. The average molecular weight is 312 g/mol. The van der Waals surface area contributed by atoms with Crippen molar-refractivity contribution in [3.05, 3.63) is 28.8 Å². The monoisotopic (exact) mass is 311 g/mol. The van der Waals surface area contributed by atoms with E-state index >= 15 is 0 Å². The van der Waals surface area contributed by atoms with Crippen molar-refractivity contribution in [2.75, 3.05) is 38.6 Å². The summed E-state index contributed by atoms with van der Waals surface area (Å²) in [6.45, 7) is 6.98. The van der Waals surface area contributed by atoms with E-state index in [9.17, 15) is 4.79 Å². The summed E-state index contributed by atoms with van der Waals surface area (Å²) in [7, 11) is 3.56. The standard InChI is InChI=1S/C16H26ClN3O/c1-5-10-20(12-16(21)19(3)4)15-9-7-8-14(17)13(15)11-18-6-2/h7-9,18H,5-6,10-12H2,1-4H3. The summed E-state index contributed by atoms with van der Waals surface area (Å²) < 4.78 is 0. The number of anilines is 1. The van der Waals surface area contributed by atoms with E-state index in [0.717, 1.165) is 35.8 Å². The lowest BCUT2D eigenvalue weighted by atomic mass is 10.1. The molecule has 5 heteroatoms. The third-order valence-corrected chi connectivity index (χ3v) is 3.66. The van der Waals surface area contributed by atoms with E-state index in [1.807, 2.05) is 18.2 Å². The largest absolute Gasteiger partial charge is 0.362 e. The number of likely N-dealkylation sites (N-methyl/N-ethyl adjacent to an activating group) is 1. The molecule has 0 unspecified atom stereocenters. The van der Waals surface area contributed by atoms with Crippen molar-refractivity contribution < 1.29 is 4.79 Å². The van der Waals surface area contributed by atoms with Crippen LogP contribution in [-0.4, -0.2) is 44.5 Å². The van der Waals surface area contributed by atoms with Crippen LogP contribution in [-0.2, 0) is 11.3 Å². The van der Waals surface area contributed by atoms with Crippen LogP contribution in [0.3, 0.4) is 0 Å². The average Bonchev–Trinajstić information content (AvgIpc) is 2.45. The predicted molar refractivity (Wildman–Crippen MR) is 90.0 cm³/mol. The molecule has 0 heterocycles. The molecule has 0 radical (unpaired) electrons. The second kappa shape index (κ2) is 8.90. The van der Waals surface area contributed by atoms with Crippen molar-refractivity contribution in [2.45, 2.75) is 26.8 Å². The summed E-state index contributed by atoms with van der Waals surface area (Å²) in [5.74, 6) is 0.0952. The maximum absolute atomic E-state index is 12.0. The number of halogens is 1. The Balaban J connectivity index is 3.06. The molecule has 1 N–H and O–H groups in total. The van der Waals surface area contributed by atoms with Gasteiger partial charge in [0.25, 0.3) is 0 Å². The van der Waals surface area contributed by atoms with E-state index in [0.29, 0.717) is 13.1 Å². The molecule has 0 aliphatic rings. The van der Waals surface area contributed by atoms with Gasteiger partial charge in [0.15, 0.2) is 0 Å². The number of hydrogen-bond donors (Lipinski definition) is 1. The van der Waals surface area contributed by atoms with Gasteiger partial charge in [-0.2, -0.15) is 0 Å². The van der Waals surface area contributed by atoms with Gasteiger partial charge in [-0.3, -0.25) is 4.79 Å². The van der Waals surface area contributed by atoms with Gasteiger partial charge < -0.3 is 15.1 Å². The molecule has 0 atom stereocenters. The summed E-state index contributed by atoms with van der Waals surface area (Å²) in [5, 5.41) is 4.05. The molecule has 0 aromatic heterocycles. The van der Waals surface area contributed by atoms with Gasteiger partial charge in [-0.15, -0.1) is 0 Å². The molecule has 1 aromatic rings. The molecule has 0 aliphatic heterocycles. The fraction of sp³-hybridized carbons (Fsp3) is 0.562. The third-order valence-electron chi connectivity index (χ3n) is 3.31. The first-order valence-corrected chi connectivity index (χ1v) is 7.82. The van der Waals surface area contributed by atoms with Crippen LogP contribution < -0.4 is 10.2 Å². The molecular weight excluding hydrogens is 286 g/mol. The molecule has 4 nitrogen and oxygen atoms in total. The van der Waals surface area contributed by atoms with Crippen molar-refractivity contribution >= 4 is 23.2 Å². The summed E-state index contributed by atoms with van der Waals surface area (Å²) in [6.07, 6.45) is 0.980. The highest BCUT2D eigenvalue weighted by Crippen LogP contribution is 2.27. The molecule has 0 saturated heterocycles. The second-order valence-electron chi connectivity index (χ2n) is 5.23. The lowest BCUT2D eigenvalue weighted by Crippen LogP contribution is -2.37. The summed E-state index contributed by atoms with van der Waals surface area (Å²) >= 11 is 6.35. The van der Waals surface area contributed by atoms with Gasteiger partial charge >= 0.3 is 0 Å². The van der Waals surface area contributed by atoms with E-state index in [2.05, 4.69) is 24.1 Å².